The predicted octanol–water partition coefficient (Wildman–Crippen LogP) is -0.425. The highest BCUT2D eigenvalue weighted by molar-refractivity contribution is 6.60. The molecule has 2 saturated carbocycles. The van der Waals surface area contributed by atoms with Crippen molar-refractivity contribution in [1.29, 1.82) is 0 Å². The summed E-state index contributed by atoms with van der Waals surface area (Å²) in [4.78, 5) is 8.14. The molecular weight excluding hydrogens is 207 g/mol. The van der Waals surface area contributed by atoms with Crippen molar-refractivity contribution >= 4 is 12.6 Å². The average molecular weight is 220 g/mol. The summed E-state index contributed by atoms with van der Waals surface area (Å²) in [6, 6.07) is 0. The van der Waals surface area contributed by atoms with Crippen LogP contribution in [0.3, 0.4) is 0 Å². The van der Waals surface area contributed by atoms with Crippen molar-refractivity contribution in [3.63, 3.8) is 0 Å². The van der Waals surface area contributed by atoms with Crippen LogP contribution in [0.25, 0.3) is 0 Å². The van der Waals surface area contributed by atoms with Gasteiger partial charge in [-0.1, -0.05) is 0 Å². The zero-order valence-electron chi connectivity index (χ0n) is 8.83. The third-order valence-electron chi connectivity index (χ3n) is 2.90. The molecule has 0 atom stereocenters. The first-order valence-corrected chi connectivity index (χ1v) is 5.63. The lowest BCUT2D eigenvalue weighted by molar-refractivity contribution is 0.291. The molecule has 2 fully saturated rings. The zero-order valence-corrected chi connectivity index (χ0v) is 8.83. The minimum atomic E-state index is -1.55. The molecule has 2 aliphatic carbocycles. The molecule has 0 aliphatic heterocycles. The first-order valence-electron chi connectivity index (χ1n) is 5.63. The van der Waals surface area contributed by atoms with Gasteiger partial charge < -0.3 is 14.8 Å². The second-order valence-corrected chi connectivity index (χ2v) is 4.44. The molecule has 2 N–H and O–H groups in total. The van der Waals surface area contributed by atoms with Gasteiger partial charge in [0, 0.05) is 5.92 Å². The van der Waals surface area contributed by atoms with E-state index in [1.807, 2.05) is 0 Å². The Kier molecular flexibility index (Phi) is 2.33. The van der Waals surface area contributed by atoms with E-state index in [4.69, 9.17) is 4.74 Å². The molecule has 0 unspecified atom stereocenters. The molecule has 1 aromatic rings. The van der Waals surface area contributed by atoms with Crippen LogP contribution < -0.4 is 10.2 Å². The molecule has 0 saturated heterocycles. The minimum absolute atomic E-state index is 0.194. The van der Waals surface area contributed by atoms with Gasteiger partial charge in [-0.3, -0.25) is 0 Å². The van der Waals surface area contributed by atoms with E-state index in [1.54, 1.807) is 0 Å². The zero-order chi connectivity index (χ0) is 11.1. The lowest BCUT2D eigenvalue weighted by Crippen LogP contribution is -2.36. The first kappa shape index (κ1) is 10.0. The van der Waals surface area contributed by atoms with Crippen molar-refractivity contribution in [3.8, 4) is 5.88 Å². The molecule has 0 aromatic carbocycles. The van der Waals surface area contributed by atoms with Crippen molar-refractivity contribution in [2.45, 2.75) is 37.7 Å². The fourth-order valence-electron chi connectivity index (χ4n) is 1.75. The van der Waals surface area contributed by atoms with Gasteiger partial charge in [0.2, 0.25) is 5.88 Å². The molecule has 0 bridgehead atoms. The summed E-state index contributed by atoms with van der Waals surface area (Å²) in [5.74, 6) is 0.691. The van der Waals surface area contributed by atoms with E-state index in [0.29, 0.717) is 17.3 Å². The van der Waals surface area contributed by atoms with Gasteiger partial charge in [0.25, 0.3) is 0 Å². The predicted molar refractivity (Wildman–Crippen MR) is 57.5 cm³/mol. The second-order valence-electron chi connectivity index (χ2n) is 4.44. The van der Waals surface area contributed by atoms with E-state index in [2.05, 4.69) is 9.97 Å². The van der Waals surface area contributed by atoms with E-state index < -0.39 is 7.12 Å². The normalized spacial score (nSPS) is 19.6. The van der Waals surface area contributed by atoms with Crippen LogP contribution in [-0.2, 0) is 0 Å². The van der Waals surface area contributed by atoms with Crippen molar-refractivity contribution < 1.29 is 14.8 Å². The molecule has 84 valence electrons. The summed E-state index contributed by atoms with van der Waals surface area (Å²) < 4.78 is 5.57. The Bertz CT molecular complexity index is 405. The Balaban J connectivity index is 1.96. The summed E-state index contributed by atoms with van der Waals surface area (Å²) in [6.45, 7) is 0. The maximum atomic E-state index is 9.39. The van der Waals surface area contributed by atoms with E-state index in [9.17, 15) is 10.0 Å². The topological polar surface area (TPSA) is 75.5 Å². The molecule has 0 spiro atoms. The molecular formula is C10H13BN2O3. The second kappa shape index (κ2) is 3.71. The highest BCUT2D eigenvalue weighted by Crippen LogP contribution is 2.39. The standard InChI is InChI=1S/C10H13BN2O3/c14-11(15)8-9(6-1-2-6)12-5-13-10(8)16-7-3-4-7/h5-7,14-15H,1-4H2. The van der Waals surface area contributed by atoms with Crippen molar-refractivity contribution in [1.82, 2.24) is 9.97 Å². The summed E-state index contributed by atoms with van der Waals surface area (Å²) in [5, 5.41) is 18.8. The van der Waals surface area contributed by atoms with Gasteiger partial charge in [-0.05, 0) is 25.7 Å². The van der Waals surface area contributed by atoms with Crippen molar-refractivity contribution in [2.24, 2.45) is 0 Å². The van der Waals surface area contributed by atoms with Crippen LogP contribution in [0.15, 0.2) is 6.33 Å². The largest absolute Gasteiger partial charge is 0.495 e. The van der Waals surface area contributed by atoms with Crippen LogP contribution in [0.2, 0.25) is 0 Å². The molecule has 3 rings (SSSR count). The average Bonchev–Trinajstić information content (AvgIpc) is 3.12. The van der Waals surface area contributed by atoms with E-state index in [-0.39, 0.29) is 6.10 Å². The van der Waals surface area contributed by atoms with Crippen LogP contribution in [0, 0.1) is 0 Å². The molecule has 6 heteroatoms. The Morgan fingerprint density at radius 2 is 1.94 bits per heavy atom. The number of ether oxygens (including phenoxy) is 1. The SMILES string of the molecule is OB(O)c1c(OC2CC2)ncnc1C1CC1. The molecule has 1 aromatic heterocycles. The van der Waals surface area contributed by atoms with Gasteiger partial charge in [-0.25, -0.2) is 9.97 Å². The fourth-order valence-corrected chi connectivity index (χ4v) is 1.75. The van der Waals surface area contributed by atoms with Crippen LogP contribution in [-0.4, -0.2) is 33.2 Å². The van der Waals surface area contributed by atoms with Gasteiger partial charge >= 0.3 is 7.12 Å². The molecule has 2 aliphatic rings. The maximum Gasteiger partial charge on any atom is 0.495 e. The first-order chi connectivity index (χ1) is 7.75. The quantitative estimate of drug-likeness (QED) is 0.673. The fraction of sp³-hybridized carbons (Fsp3) is 0.600. The van der Waals surface area contributed by atoms with Gasteiger partial charge in [0.05, 0.1) is 11.2 Å². The number of aromatic nitrogens is 2. The third-order valence-corrected chi connectivity index (χ3v) is 2.90. The van der Waals surface area contributed by atoms with E-state index in [1.165, 1.54) is 6.33 Å². The Morgan fingerprint density at radius 3 is 2.50 bits per heavy atom. The summed E-state index contributed by atoms with van der Waals surface area (Å²) >= 11 is 0. The van der Waals surface area contributed by atoms with E-state index >= 15 is 0 Å². The highest BCUT2D eigenvalue weighted by Gasteiger charge is 2.35. The number of rotatable bonds is 4. The maximum absolute atomic E-state index is 9.39. The Hall–Kier alpha value is -1.14. The van der Waals surface area contributed by atoms with Gasteiger partial charge in [0.15, 0.2) is 0 Å². The van der Waals surface area contributed by atoms with Crippen molar-refractivity contribution in [3.05, 3.63) is 12.0 Å². The Labute approximate surface area is 93.6 Å². The molecule has 16 heavy (non-hydrogen) atoms. The summed E-state index contributed by atoms with van der Waals surface area (Å²) in [6.07, 6.45) is 5.78. The highest BCUT2D eigenvalue weighted by atomic mass is 16.5. The van der Waals surface area contributed by atoms with Crippen LogP contribution in [0.5, 0.6) is 5.88 Å². The lowest BCUT2D eigenvalue weighted by Gasteiger charge is -2.12. The monoisotopic (exact) mass is 220 g/mol. The molecule has 1 heterocycles. The van der Waals surface area contributed by atoms with E-state index in [0.717, 1.165) is 31.4 Å². The summed E-state index contributed by atoms with van der Waals surface area (Å²) in [5.41, 5.74) is 1.09. The van der Waals surface area contributed by atoms with Gasteiger partial charge in [-0.15, -0.1) is 0 Å². The molecule has 5 nitrogen and oxygen atoms in total. The minimum Gasteiger partial charge on any atom is -0.475 e. The Morgan fingerprint density at radius 1 is 1.19 bits per heavy atom. The third kappa shape index (κ3) is 1.90. The van der Waals surface area contributed by atoms with Gasteiger partial charge in [0.1, 0.15) is 12.4 Å². The number of hydrogen-bond acceptors (Lipinski definition) is 5. The van der Waals surface area contributed by atoms with Crippen LogP contribution in [0.1, 0.15) is 37.3 Å². The van der Waals surface area contributed by atoms with Crippen LogP contribution in [0.4, 0.5) is 0 Å². The van der Waals surface area contributed by atoms with Crippen LogP contribution >= 0.6 is 0 Å². The number of nitrogens with zero attached hydrogens (tertiary/aromatic N) is 2. The van der Waals surface area contributed by atoms with Gasteiger partial charge in [-0.2, -0.15) is 0 Å². The lowest BCUT2D eigenvalue weighted by atomic mass is 9.78. The summed E-state index contributed by atoms with van der Waals surface area (Å²) in [7, 11) is -1.55. The van der Waals surface area contributed by atoms with Crippen molar-refractivity contribution in [2.75, 3.05) is 0 Å². The smallest absolute Gasteiger partial charge is 0.475 e. The number of hydrogen-bond donors (Lipinski definition) is 2. The molecule has 0 radical (unpaired) electrons. The molecule has 0 amide bonds.